The highest BCUT2D eigenvalue weighted by atomic mass is 28.1. The van der Waals surface area contributed by atoms with Crippen LogP contribution < -0.4 is 0 Å². The third kappa shape index (κ3) is 3.36. The zero-order valence-electron chi connectivity index (χ0n) is 4.76. The molecule has 0 radical (unpaired) electrons. The molecule has 0 aliphatic carbocycles. The zero-order valence-corrected chi connectivity index (χ0v) is 6.76. The van der Waals surface area contributed by atoms with Gasteiger partial charge in [-0.3, -0.25) is 0 Å². The van der Waals surface area contributed by atoms with E-state index in [9.17, 15) is 4.79 Å². The molecule has 0 rings (SSSR count). The van der Waals surface area contributed by atoms with Crippen molar-refractivity contribution < 1.29 is 9.53 Å². The maximum Gasteiger partial charge on any atom is 0.334 e. The Morgan fingerprint density at radius 3 is 2.75 bits per heavy atom. The Morgan fingerprint density at radius 1 is 1.75 bits per heavy atom. The molecule has 3 heteroatoms. The molecule has 0 heterocycles. The zero-order chi connectivity index (χ0) is 6.41. The standard InChI is InChI=1S/C5H8O2Si/c1-2-5(6)7-3-4-8/h2-4H,1H2,8H3. The molecular weight excluding hydrogens is 120 g/mol. The Bertz CT molecular complexity index is 118. The summed E-state index contributed by atoms with van der Waals surface area (Å²) in [6, 6.07) is 0. The van der Waals surface area contributed by atoms with E-state index in [0.717, 1.165) is 16.3 Å². The van der Waals surface area contributed by atoms with Crippen molar-refractivity contribution in [2.45, 2.75) is 0 Å². The summed E-state index contributed by atoms with van der Waals surface area (Å²) in [6.45, 7) is 3.22. The Labute approximate surface area is 51.3 Å². The van der Waals surface area contributed by atoms with Crippen molar-refractivity contribution in [2.24, 2.45) is 0 Å². The van der Waals surface area contributed by atoms with Gasteiger partial charge in [0.1, 0.15) is 0 Å². The number of carbonyl (C=O) groups excluding carboxylic acids is 1. The summed E-state index contributed by atoms with van der Waals surface area (Å²) in [5.41, 5.74) is 1.77. The van der Waals surface area contributed by atoms with Crippen LogP contribution in [-0.2, 0) is 9.53 Å². The maximum absolute atomic E-state index is 10.2. The van der Waals surface area contributed by atoms with Crippen molar-refractivity contribution in [2.75, 3.05) is 0 Å². The summed E-state index contributed by atoms with van der Waals surface area (Å²) in [4.78, 5) is 10.2. The molecule has 0 N–H and O–H groups in total. The van der Waals surface area contributed by atoms with Gasteiger partial charge in [0.05, 0.1) is 6.26 Å². The number of esters is 1. The number of ether oxygens (including phenoxy) is 1. The van der Waals surface area contributed by atoms with Crippen LogP contribution in [0.3, 0.4) is 0 Å². The van der Waals surface area contributed by atoms with Gasteiger partial charge in [0.2, 0.25) is 0 Å². The van der Waals surface area contributed by atoms with E-state index in [1.54, 1.807) is 5.70 Å². The highest BCUT2D eigenvalue weighted by Crippen LogP contribution is 1.77. The van der Waals surface area contributed by atoms with E-state index in [-0.39, 0.29) is 0 Å². The summed E-state index contributed by atoms with van der Waals surface area (Å²) < 4.78 is 4.44. The van der Waals surface area contributed by atoms with Crippen LogP contribution >= 0.6 is 0 Å². The summed E-state index contributed by atoms with van der Waals surface area (Å²) in [5.74, 6) is -0.405. The molecule has 0 saturated carbocycles. The van der Waals surface area contributed by atoms with Gasteiger partial charge < -0.3 is 4.74 Å². The molecule has 0 fully saturated rings. The minimum absolute atomic E-state index is 0.405. The van der Waals surface area contributed by atoms with E-state index in [1.807, 2.05) is 0 Å². The lowest BCUT2D eigenvalue weighted by Gasteiger charge is -1.86. The average Bonchev–Trinajstić information content (AvgIpc) is 1.83. The van der Waals surface area contributed by atoms with Crippen LogP contribution in [0, 0.1) is 0 Å². The van der Waals surface area contributed by atoms with Crippen LogP contribution in [0.4, 0.5) is 0 Å². The number of rotatable bonds is 2. The van der Waals surface area contributed by atoms with E-state index in [1.165, 1.54) is 6.26 Å². The summed E-state index contributed by atoms with van der Waals surface area (Å²) in [6.07, 6.45) is 2.50. The van der Waals surface area contributed by atoms with E-state index in [4.69, 9.17) is 0 Å². The fraction of sp³-hybridized carbons (Fsp3) is 0. The normalized spacial score (nSPS) is 9.50. The molecule has 0 bridgehead atoms. The Morgan fingerprint density at radius 2 is 2.38 bits per heavy atom. The fourth-order valence-electron chi connectivity index (χ4n) is 0.183. The third-order valence-corrected chi connectivity index (χ3v) is 0.759. The summed E-state index contributed by atoms with van der Waals surface area (Å²) >= 11 is 0. The third-order valence-electron chi connectivity index (χ3n) is 0.487. The van der Waals surface area contributed by atoms with E-state index < -0.39 is 5.97 Å². The van der Waals surface area contributed by atoms with Crippen LogP contribution in [-0.4, -0.2) is 16.2 Å². The molecule has 0 aromatic rings. The van der Waals surface area contributed by atoms with Gasteiger partial charge in [-0.15, -0.1) is 0 Å². The average molecular weight is 128 g/mol. The highest BCUT2D eigenvalue weighted by Gasteiger charge is 1.85. The minimum Gasteiger partial charge on any atom is -0.432 e. The Kier molecular flexibility index (Phi) is 3.88. The summed E-state index contributed by atoms with van der Waals surface area (Å²) in [5, 5.41) is 0. The van der Waals surface area contributed by atoms with E-state index in [0.29, 0.717) is 0 Å². The molecule has 0 unspecified atom stereocenters. The van der Waals surface area contributed by atoms with Crippen molar-refractivity contribution in [1.29, 1.82) is 0 Å². The molecule has 44 valence electrons. The monoisotopic (exact) mass is 128 g/mol. The lowest BCUT2D eigenvalue weighted by atomic mass is 10.7. The molecule has 0 aromatic heterocycles. The van der Waals surface area contributed by atoms with Gasteiger partial charge in [0.15, 0.2) is 0 Å². The van der Waals surface area contributed by atoms with Crippen LogP contribution in [0.25, 0.3) is 0 Å². The van der Waals surface area contributed by atoms with Crippen molar-refractivity contribution in [3.63, 3.8) is 0 Å². The predicted molar refractivity (Wildman–Crippen MR) is 35.4 cm³/mol. The van der Waals surface area contributed by atoms with Crippen molar-refractivity contribution in [1.82, 2.24) is 0 Å². The minimum atomic E-state index is -0.405. The van der Waals surface area contributed by atoms with Gasteiger partial charge >= 0.3 is 5.97 Å². The molecule has 0 aliphatic heterocycles. The number of hydrogen-bond donors (Lipinski definition) is 0. The van der Waals surface area contributed by atoms with Gasteiger partial charge in [-0.25, -0.2) is 4.79 Å². The topological polar surface area (TPSA) is 26.3 Å². The highest BCUT2D eigenvalue weighted by molar-refractivity contribution is 6.16. The van der Waals surface area contributed by atoms with E-state index >= 15 is 0 Å². The van der Waals surface area contributed by atoms with Crippen LogP contribution in [0.1, 0.15) is 0 Å². The number of carbonyl (C=O) groups is 1. The molecule has 0 spiro atoms. The molecule has 0 atom stereocenters. The molecule has 0 amide bonds. The van der Waals surface area contributed by atoms with Gasteiger partial charge in [-0.2, -0.15) is 0 Å². The smallest absolute Gasteiger partial charge is 0.334 e. The lowest BCUT2D eigenvalue weighted by molar-refractivity contribution is -0.132. The fourth-order valence-corrected chi connectivity index (χ4v) is 0.319. The molecular formula is C5H8O2Si. The molecule has 0 saturated heterocycles. The van der Waals surface area contributed by atoms with Crippen molar-refractivity contribution >= 4 is 16.2 Å². The molecule has 0 aromatic carbocycles. The van der Waals surface area contributed by atoms with Crippen LogP contribution in [0.5, 0.6) is 0 Å². The van der Waals surface area contributed by atoms with Crippen molar-refractivity contribution in [3.05, 3.63) is 24.6 Å². The Hall–Kier alpha value is -0.833. The maximum atomic E-state index is 10.2. The first kappa shape index (κ1) is 7.17. The van der Waals surface area contributed by atoms with Crippen molar-refractivity contribution in [3.8, 4) is 0 Å². The quantitative estimate of drug-likeness (QED) is 0.218. The predicted octanol–water partition coefficient (Wildman–Crippen LogP) is -0.448. The second-order valence-electron chi connectivity index (χ2n) is 1.11. The van der Waals surface area contributed by atoms with Crippen LogP contribution in [0.15, 0.2) is 24.6 Å². The SMILES string of the molecule is C=CC(=O)OC=C[SiH3]. The molecule has 8 heavy (non-hydrogen) atoms. The Balaban J connectivity index is 3.39. The molecule has 0 aliphatic rings. The number of hydrogen-bond acceptors (Lipinski definition) is 2. The first-order chi connectivity index (χ1) is 3.81. The van der Waals surface area contributed by atoms with Gasteiger partial charge in [0.25, 0.3) is 0 Å². The van der Waals surface area contributed by atoms with Gasteiger partial charge in [-0.05, 0) is 0 Å². The summed E-state index contributed by atoms with van der Waals surface area (Å²) in [7, 11) is 0.905. The first-order valence-corrected chi connectivity index (χ1v) is 3.41. The largest absolute Gasteiger partial charge is 0.432 e. The lowest BCUT2D eigenvalue weighted by Crippen LogP contribution is -1.91. The second-order valence-corrected chi connectivity index (χ2v) is 1.78. The van der Waals surface area contributed by atoms with Gasteiger partial charge in [-0.1, -0.05) is 12.3 Å². The van der Waals surface area contributed by atoms with E-state index in [2.05, 4.69) is 11.3 Å². The van der Waals surface area contributed by atoms with Gasteiger partial charge in [0, 0.05) is 16.3 Å². The molecule has 2 nitrogen and oxygen atoms in total. The first-order valence-electron chi connectivity index (χ1n) is 2.25. The second kappa shape index (κ2) is 4.33. The van der Waals surface area contributed by atoms with Crippen LogP contribution in [0.2, 0.25) is 0 Å².